The average Bonchev–Trinajstić information content (AvgIpc) is 3.00. The zero-order valence-electron chi connectivity index (χ0n) is 13.6. The largest absolute Gasteiger partial charge is 0.360 e. The molecule has 0 amide bonds. The minimum atomic E-state index is -0.532. The van der Waals surface area contributed by atoms with Gasteiger partial charge >= 0.3 is 5.69 Å². The molecule has 1 atom stereocenters. The molecule has 1 unspecified atom stereocenters. The van der Waals surface area contributed by atoms with Gasteiger partial charge in [-0.05, 0) is 19.4 Å². The first-order valence-electron chi connectivity index (χ1n) is 7.56. The van der Waals surface area contributed by atoms with Crippen molar-refractivity contribution in [3.63, 3.8) is 0 Å². The molecule has 2 N–H and O–H groups in total. The number of nitro groups is 1. The van der Waals surface area contributed by atoms with E-state index in [1.807, 2.05) is 37.3 Å². The summed E-state index contributed by atoms with van der Waals surface area (Å²) in [6.45, 7) is 3.62. The second kappa shape index (κ2) is 6.95. The summed E-state index contributed by atoms with van der Waals surface area (Å²) in [6.07, 6.45) is 1.25. The Morgan fingerprint density at radius 3 is 2.56 bits per heavy atom. The van der Waals surface area contributed by atoms with Gasteiger partial charge in [-0.15, -0.1) is 0 Å². The fourth-order valence-electron chi connectivity index (χ4n) is 2.33. The van der Waals surface area contributed by atoms with E-state index in [9.17, 15) is 10.1 Å². The molecule has 2 aromatic heterocycles. The Labute approximate surface area is 143 Å². The topological polar surface area (TPSA) is 119 Å². The molecular formula is C16H16N6O3. The Morgan fingerprint density at radius 1 is 1.20 bits per heavy atom. The van der Waals surface area contributed by atoms with Crippen LogP contribution in [0, 0.1) is 17.0 Å². The Hall–Kier alpha value is -3.49. The van der Waals surface area contributed by atoms with E-state index in [0.29, 0.717) is 11.6 Å². The summed E-state index contributed by atoms with van der Waals surface area (Å²) >= 11 is 0. The molecule has 9 heteroatoms. The third-order valence-electron chi connectivity index (χ3n) is 3.53. The highest BCUT2D eigenvalue weighted by Gasteiger charge is 2.25. The van der Waals surface area contributed by atoms with Gasteiger partial charge in [0.1, 0.15) is 12.1 Å². The highest BCUT2D eigenvalue weighted by atomic mass is 16.6. The molecule has 0 aliphatic carbocycles. The van der Waals surface area contributed by atoms with Crippen molar-refractivity contribution in [2.75, 3.05) is 10.6 Å². The van der Waals surface area contributed by atoms with Crippen molar-refractivity contribution >= 4 is 23.1 Å². The number of hydrogen-bond acceptors (Lipinski definition) is 8. The van der Waals surface area contributed by atoms with Crippen LogP contribution in [0.3, 0.4) is 0 Å². The highest BCUT2D eigenvalue weighted by molar-refractivity contribution is 5.73. The van der Waals surface area contributed by atoms with Crippen molar-refractivity contribution in [3.05, 3.63) is 64.2 Å². The van der Waals surface area contributed by atoms with Gasteiger partial charge in [-0.2, -0.15) is 0 Å². The molecule has 0 aliphatic rings. The van der Waals surface area contributed by atoms with Crippen LogP contribution >= 0.6 is 0 Å². The van der Waals surface area contributed by atoms with Crippen LogP contribution in [-0.4, -0.2) is 20.0 Å². The maximum Gasteiger partial charge on any atom is 0.353 e. The molecule has 0 bridgehead atoms. The first-order valence-corrected chi connectivity index (χ1v) is 7.56. The summed E-state index contributed by atoms with van der Waals surface area (Å²) in [5.74, 6) is 1.08. The molecule has 128 valence electrons. The fraction of sp³-hybridized carbons (Fsp3) is 0.188. The zero-order valence-corrected chi connectivity index (χ0v) is 13.6. The van der Waals surface area contributed by atoms with E-state index in [0.717, 1.165) is 5.56 Å². The van der Waals surface area contributed by atoms with Crippen molar-refractivity contribution in [1.82, 2.24) is 15.1 Å². The van der Waals surface area contributed by atoms with Gasteiger partial charge in [0.15, 0.2) is 5.82 Å². The maximum atomic E-state index is 11.6. The van der Waals surface area contributed by atoms with Gasteiger partial charge in [-0.25, -0.2) is 9.97 Å². The lowest BCUT2D eigenvalue weighted by molar-refractivity contribution is -0.383. The quantitative estimate of drug-likeness (QED) is 0.516. The summed E-state index contributed by atoms with van der Waals surface area (Å²) in [5.41, 5.74) is 0.725. The number of nitrogens with zero attached hydrogens (tertiary/aromatic N) is 4. The van der Waals surface area contributed by atoms with Crippen molar-refractivity contribution in [3.8, 4) is 0 Å². The van der Waals surface area contributed by atoms with Crippen molar-refractivity contribution < 1.29 is 9.45 Å². The van der Waals surface area contributed by atoms with Gasteiger partial charge in [0.2, 0.25) is 11.6 Å². The summed E-state index contributed by atoms with van der Waals surface area (Å²) in [7, 11) is 0. The van der Waals surface area contributed by atoms with E-state index < -0.39 is 4.92 Å². The third-order valence-corrected chi connectivity index (χ3v) is 3.53. The number of benzene rings is 1. The van der Waals surface area contributed by atoms with Crippen LogP contribution in [0.25, 0.3) is 0 Å². The lowest BCUT2D eigenvalue weighted by Gasteiger charge is -2.15. The first kappa shape index (κ1) is 16.4. The van der Waals surface area contributed by atoms with Gasteiger partial charge in [0.05, 0.1) is 11.0 Å². The van der Waals surface area contributed by atoms with E-state index in [-0.39, 0.29) is 23.4 Å². The molecule has 25 heavy (non-hydrogen) atoms. The highest BCUT2D eigenvalue weighted by Crippen LogP contribution is 2.32. The SMILES string of the molecule is Cc1cc(Nc2ncnc(NC(C)c3ccccc3)c2[N+](=O)[O-])no1. The third kappa shape index (κ3) is 3.71. The van der Waals surface area contributed by atoms with Gasteiger partial charge in [0.25, 0.3) is 0 Å². The lowest BCUT2D eigenvalue weighted by Crippen LogP contribution is -2.11. The van der Waals surface area contributed by atoms with E-state index in [2.05, 4.69) is 25.8 Å². The molecule has 0 fully saturated rings. The molecule has 0 radical (unpaired) electrons. The fourth-order valence-corrected chi connectivity index (χ4v) is 2.33. The summed E-state index contributed by atoms with van der Waals surface area (Å²) in [6, 6.07) is 11.0. The normalized spacial score (nSPS) is 11.8. The lowest BCUT2D eigenvalue weighted by atomic mass is 10.1. The van der Waals surface area contributed by atoms with E-state index >= 15 is 0 Å². The Morgan fingerprint density at radius 2 is 1.92 bits per heavy atom. The van der Waals surface area contributed by atoms with Crippen LogP contribution in [0.5, 0.6) is 0 Å². The van der Waals surface area contributed by atoms with Crippen molar-refractivity contribution in [2.45, 2.75) is 19.9 Å². The van der Waals surface area contributed by atoms with Crippen LogP contribution < -0.4 is 10.6 Å². The second-order valence-corrected chi connectivity index (χ2v) is 5.40. The minimum absolute atomic E-state index is 0.0380. The predicted molar refractivity (Wildman–Crippen MR) is 91.7 cm³/mol. The number of nitrogens with one attached hydrogen (secondary N) is 2. The molecule has 3 aromatic rings. The van der Waals surface area contributed by atoms with Crippen LogP contribution in [0.2, 0.25) is 0 Å². The van der Waals surface area contributed by atoms with Crippen molar-refractivity contribution in [1.29, 1.82) is 0 Å². The molecule has 2 heterocycles. The Kier molecular flexibility index (Phi) is 4.55. The molecule has 0 spiro atoms. The number of hydrogen-bond donors (Lipinski definition) is 2. The maximum absolute atomic E-state index is 11.6. The average molecular weight is 340 g/mol. The van der Waals surface area contributed by atoms with Crippen LogP contribution in [0.4, 0.5) is 23.1 Å². The molecular weight excluding hydrogens is 324 g/mol. The Bertz CT molecular complexity index is 881. The van der Waals surface area contributed by atoms with Gasteiger partial charge in [-0.1, -0.05) is 35.5 Å². The van der Waals surface area contributed by atoms with Crippen molar-refractivity contribution in [2.24, 2.45) is 0 Å². The van der Waals surface area contributed by atoms with E-state index in [1.165, 1.54) is 6.33 Å². The molecule has 0 saturated carbocycles. The van der Waals surface area contributed by atoms with Gasteiger partial charge in [0, 0.05) is 6.07 Å². The number of anilines is 3. The van der Waals surface area contributed by atoms with Gasteiger partial charge in [-0.3, -0.25) is 10.1 Å². The summed E-state index contributed by atoms with van der Waals surface area (Å²) in [5, 5.41) is 21.2. The number of rotatable bonds is 6. The smallest absolute Gasteiger partial charge is 0.353 e. The summed E-state index contributed by atoms with van der Waals surface area (Å²) < 4.78 is 4.95. The molecule has 0 saturated heterocycles. The number of aromatic nitrogens is 3. The molecule has 0 aliphatic heterocycles. The van der Waals surface area contributed by atoms with Crippen LogP contribution in [0.15, 0.2) is 47.2 Å². The second-order valence-electron chi connectivity index (χ2n) is 5.40. The summed E-state index contributed by atoms with van der Waals surface area (Å²) in [4.78, 5) is 19.0. The Balaban J connectivity index is 1.91. The van der Waals surface area contributed by atoms with E-state index in [4.69, 9.17) is 4.52 Å². The zero-order chi connectivity index (χ0) is 17.8. The number of aryl methyl sites for hydroxylation is 1. The molecule has 1 aromatic carbocycles. The standard InChI is InChI=1S/C16H16N6O3/c1-10-8-13(21-25-10)20-16-14(22(23)24)15(17-9-18-16)19-11(2)12-6-4-3-5-7-12/h3-9,11H,1-2H3,(H2,17,18,19,20,21). The first-order chi connectivity index (χ1) is 12.0. The van der Waals surface area contributed by atoms with Gasteiger partial charge < -0.3 is 15.2 Å². The van der Waals surface area contributed by atoms with E-state index in [1.54, 1.807) is 13.0 Å². The van der Waals surface area contributed by atoms with Crippen LogP contribution in [0.1, 0.15) is 24.3 Å². The molecule has 9 nitrogen and oxygen atoms in total. The van der Waals surface area contributed by atoms with Crippen LogP contribution in [-0.2, 0) is 0 Å². The monoisotopic (exact) mass is 340 g/mol. The predicted octanol–water partition coefficient (Wildman–Crippen LogP) is 3.60. The molecule has 3 rings (SSSR count). The minimum Gasteiger partial charge on any atom is -0.360 e.